The molecule has 0 aliphatic heterocycles. The van der Waals surface area contributed by atoms with E-state index in [2.05, 4.69) is 22.4 Å². The first-order valence-electron chi connectivity index (χ1n) is 8.32. The van der Waals surface area contributed by atoms with E-state index in [9.17, 15) is 19.5 Å². The maximum Gasteiger partial charge on any atom is 0.329 e. The van der Waals surface area contributed by atoms with Crippen LogP contribution in [0.4, 0.5) is 5.69 Å². The van der Waals surface area contributed by atoms with Crippen LogP contribution in [0, 0.1) is 0 Å². The summed E-state index contributed by atoms with van der Waals surface area (Å²) < 4.78 is 10.2. The molecule has 0 saturated heterocycles. The van der Waals surface area contributed by atoms with Gasteiger partial charge in [-0.15, -0.1) is 0 Å². The highest BCUT2D eigenvalue weighted by Gasteiger charge is 2.13. The lowest BCUT2D eigenvalue weighted by atomic mass is 10.1. The third kappa shape index (κ3) is 6.21. The molecule has 0 spiro atoms. The van der Waals surface area contributed by atoms with Crippen LogP contribution in [-0.4, -0.2) is 37.7 Å². The number of hydrogen-bond acceptors (Lipinski definition) is 7. The number of methoxy groups -OCH3 is 1. The summed E-state index contributed by atoms with van der Waals surface area (Å²) in [6.45, 7) is 3.90. The van der Waals surface area contributed by atoms with Crippen molar-refractivity contribution in [1.29, 1.82) is 0 Å². The highest BCUT2D eigenvalue weighted by atomic mass is 16.5. The van der Waals surface area contributed by atoms with Crippen molar-refractivity contribution in [2.24, 2.45) is 5.10 Å². The second-order valence-electron chi connectivity index (χ2n) is 5.52. The summed E-state index contributed by atoms with van der Waals surface area (Å²) in [4.78, 5) is 34.8. The molecule has 9 heteroatoms. The van der Waals surface area contributed by atoms with Gasteiger partial charge in [-0.1, -0.05) is 12.7 Å². The van der Waals surface area contributed by atoms with E-state index >= 15 is 0 Å². The van der Waals surface area contributed by atoms with E-state index in [0.29, 0.717) is 23.6 Å². The lowest BCUT2D eigenvalue weighted by Crippen LogP contribution is -2.32. The molecular weight excluding hydrogens is 378 g/mol. The Morgan fingerprint density at radius 1 is 1.14 bits per heavy atom. The number of hydrazone groups is 1. The zero-order valence-corrected chi connectivity index (χ0v) is 15.5. The van der Waals surface area contributed by atoms with Gasteiger partial charge in [0, 0.05) is 11.3 Å². The van der Waals surface area contributed by atoms with Crippen LogP contribution in [0.15, 0.2) is 60.2 Å². The van der Waals surface area contributed by atoms with Gasteiger partial charge in [-0.2, -0.15) is 5.10 Å². The largest absolute Gasteiger partial charge is 0.545 e. The van der Waals surface area contributed by atoms with Crippen molar-refractivity contribution in [1.82, 2.24) is 5.43 Å². The zero-order chi connectivity index (χ0) is 21.2. The standard InChI is InChI=1S/C20H19N3O6/c1-3-10-29-15-7-5-14(6-8-15)22-18(24)19(25)23-21-12-13-4-9-17(28-2)16(11-13)20(26)27/h3-9,11-12H,1,10H2,2H3,(H,22,24)(H,23,25)(H,26,27)/p-1/b21-12-. The molecule has 2 aromatic rings. The van der Waals surface area contributed by atoms with Gasteiger partial charge in [0.15, 0.2) is 0 Å². The van der Waals surface area contributed by atoms with Crippen molar-refractivity contribution < 1.29 is 29.0 Å². The Hall–Kier alpha value is -4.14. The average Bonchev–Trinajstić information content (AvgIpc) is 2.72. The third-order valence-corrected chi connectivity index (χ3v) is 3.51. The summed E-state index contributed by atoms with van der Waals surface area (Å²) >= 11 is 0. The van der Waals surface area contributed by atoms with Crippen molar-refractivity contribution in [3.8, 4) is 11.5 Å². The molecule has 0 aliphatic carbocycles. The highest BCUT2D eigenvalue weighted by molar-refractivity contribution is 6.39. The summed E-state index contributed by atoms with van der Waals surface area (Å²) in [5, 5.41) is 17.1. The Balaban J connectivity index is 1.93. The van der Waals surface area contributed by atoms with Crippen molar-refractivity contribution in [2.45, 2.75) is 0 Å². The van der Waals surface area contributed by atoms with Gasteiger partial charge in [0.25, 0.3) is 0 Å². The van der Waals surface area contributed by atoms with Gasteiger partial charge >= 0.3 is 11.8 Å². The van der Waals surface area contributed by atoms with Gasteiger partial charge in [-0.25, -0.2) is 5.43 Å². The number of benzene rings is 2. The number of anilines is 1. The Bertz CT molecular complexity index is 938. The molecule has 2 rings (SSSR count). The molecule has 0 bridgehead atoms. The Morgan fingerprint density at radius 3 is 2.48 bits per heavy atom. The lowest BCUT2D eigenvalue weighted by molar-refractivity contribution is -0.255. The summed E-state index contributed by atoms with van der Waals surface area (Å²) in [6, 6.07) is 10.6. The molecular formula is C20H18N3O6-. The van der Waals surface area contributed by atoms with Crippen LogP contribution >= 0.6 is 0 Å². The second-order valence-corrected chi connectivity index (χ2v) is 5.52. The number of nitrogens with zero attached hydrogens (tertiary/aromatic N) is 1. The van der Waals surface area contributed by atoms with Crippen LogP contribution in [0.5, 0.6) is 11.5 Å². The molecule has 0 fully saturated rings. The molecule has 0 radical (unpaired) electrons. The number of amides is 2. The molecule has 0 heterocycles. The fourth-order valence-corrected chi connectivity index (χ4v) is 2.16. The summed E-state index contributed by atoms with van der Waals surface area (Å²) in [7, 11) is 1.33. The monoisotopic (exact) mass is 396 g/mol. The van der Waals surface area contributed by atoms with E-state index in [1.54, 1.807) is 30.3 Å². The van der Waals surface area contributed by atoms with Crippen LogP contribution in [0.25, 0.3) is 0 Å². The minimum Gasteiger partial charge on any atom is -0.545 e. The normalized spacial score (nSPS) is 10.2. The third-order valence-electron chi connectivity index (χ3n) is 3.51. The number of ether oxygens (including phenoxy) is 2. The van der Waals surface area contributed by atoms with E-state index in [1.165, 1.54) is 31.5 Å². The van der Waals surface area contributed by atoms with Crippen LogP contribution in [0.1, 0.15) is 15.9 Å². The molecule has 0 saturated carbocycles. The zero-order valence-electron chi connectivity index (χ0n) is 15.5. The molecule has 2 aromatic carbocycles. The van der Waals surface area contributed by atoms with Crippen molar-refractivity contribution >= 4 is 29.7 Å². The molecule has 0 unspecified atom stereocenters. The van der Waals surface area contributed by atoms with Crippen molar-refractivity contribution in [2.75, 3.05) is 19.0 Å². The van der Waals surface area contributed by atoms with Gasteiger partial charge in [0.05, 0.1) is 19.3 Å². The second kappa shape index (κ2) is 10.3. The van der Waals surface area contributed by atoms with E-state index < -0.39 is 17.8 Å². The fourth-order valence-electron chi connectivity index (χ4n) is 2.16. The lowest BCUT2D eigenvalue weighted by Gasteiger charge is -2.09. The predicted molar refractivity (Wildman–Crippen MR) is 104 cm³/mol. The molecule has 2 amide bonds. The smallest absolute Gasteiger partial charge is 0.329 e. The summed E-state index contributed by atoms with van der Waals surface area (Å²) in [6.07, 6.45) is 2.79. The fraction of sp³-hybridized carbons (Fsp3) is 0.100. The van der Waals surface area contributed by atoms with Crippen LogP contribution in [0.2, 0.25) is 0 Å². The number of hydrogen-bond donors (Lipinski definition) is 2. The van der Waals surface area contributed by atoms with Crippen molar-refractivity contribution in [3.05, 3.63) is 66.2 Å². The minimum absolute atomic E-state index is 0.131. The van der Waals surface area contributed by atoms with Crippen LogP contribution in [0.3, 0.4) is 0 Å². The van der Waals surface area contributed by atoms with Gasteiger partial charge < -0.3 is 24.7 Å². The number of carboxylic acids is 1. The topological polar surface area (TPSA) is 129 Å². The molecule has 0 atom stereocenters. The van der Waals surface area contributed by atoms with Crippen LogP contribution in [-0.2, 0) is 9.59 Å². The van der Waals surface area contributed by atoms with Gasteiger partial charge in [-0.05, 0) is 48.0 Å². The van der Waals surface area contributed by atoms with Crippen LogP contribution < -0.4 is 25.3 Å². The maximum absolute atomic E-state index is 11.9. The molecule has 9 nitrogen and oxygen atoms in total. The first kappa shape index (κ1) is 21.2. The number of nitrogens with one attached hydrogen (secondary N) is 2. The highest BCUT2D eigenvalue weighted by Crippen LogP contribution is 2.18. The number of aromatic carboxylic acids is 1. The molecule has 29 heavy (non-hydrogen) atoms. The summed E-state index contributed by atoms with van der Waals surface area (Å²) in [5.41, 5.74) is 2.65. The Labute approximate surface area is 166 Å². The molecule has 2 N–H and O–H groups in total. The SMILES string of the molecule is C=CCOc1ccc(NC(=O)C(=O)N/N=C\c2ccc(OC)c(C(=O)[O-])c2)cc1. The van der Waals surface area contributed by atoms with Gasteiger partial charge in [0.2, 0.25) is 0 Å². The number of rotatable bonds is 8. The average molecular weight is 396 g/mol. The minimum atomic E-state index is -1.42. The van der Waals surface area contributed by atoms with Gasteiger partial charge in [-0.3, -0.25) is 9.59 Å². The predicted octanol–water partition coefficient (Wildman–Crippen LogP) is 0.712. The molecule has 0 aliphatic rings. The summed E-state index contributed by atoms with van der Waals surface area (Å²) in [5.74, 6) is -2.62. The van der Waals surface area contributed by atoms with E-state index in [1.807, 2.05) is 0 Å². The quantitative estimate of drug-likeness (QED) is 0.293. The number of carboxylic acid groups (broad SMARTS) is 1. The van der Waals surface area contributed by atoms with Gasteiger partial charge in [0.1, 0.15) is 18.1 Å². The van der Waals surface area contributed by atoms with Crippen molar-refractivity contribution in [3.63, 3.8) is 0 Å². The maximum atomic E-state index is 11.9. The number of carbonyl (C=O) groups is 3. The molecule has 0 aromatic heterocycles. The number of carbonyl (C=O) groups excluding carboxylic acids is 3. The molecule has 150 valence electrons. The first-order valence-corrected chi connectivity index (χ1v) is 8.32. The first-order chi connectivity index (χ1) is 13.9. The van der Waals surface area contributed by atoms with E-state index in [4.69, 9.17) is 9.47 Å². The van der Waals surface area contributed by atoms with E-state index in [0.717, 1.165) is 0 Å². The Morgan fingerprint density at radius 2 is 1.86 bits per heavy atom. The Kier molecular flexibility index (Phi) is 7.49. The van der Waals surface area contributed by atoms with E-state index in [-0.39, 0.29) is 11.3 Å².